The maximum absolute atomic E-state index is 6.05. The Morgan fingerprint density at radius 1 is 1.38 bits per heavy atom. The number of aryl methyl sites for hydroxylation is 2. The van der Waals surface area contributed by atoms with Crippen LogP contribution in [0, 0.1) is 6.92 Å². The van der Waals surface area contributed by atoms with Crippen molar-refractivity contribution in [2.24, 2.45) is 5.73 Å². The van der Waals surface area contributed by atoms with E-state index in [9.17, 15) is 0 Å². The number of nitrogens with two attached hydrogens (primary N) is 1. The van der Waals surface area contributed by atoms with Gasteiger partial charge in [0.25, 0.3) is 0 Å². The Morgan fingerprint density at radius 2 is 2.12 bits per heavy atom. The Labute approximate surface area is 98.4 Å². The summed E-state index contributed by atoms with van der Waals surface area (Å²) in [4.78, 5) is 2.29. The molecule has 0 heterocycles. The van der Waals surface area contributed by atoms with Gasteiger partial charge >= 0.3 is 0 Å². The van der Waals surface area contributed by atoms with Crippen LogP contribution >= 0.6 is 0 Å². The average Bonchev–Trinajstić information content (AvgIpc) is 2.27. The molecule has 0 saturated heterocycles. The van der Waals surface area contributed by atoms with Gasteiger partial charge in [0, 0.05) is 6.54 Å². The first kappa shape index (κ1) is 11.6. The van der Waals surface area contributed by atoms with E-state index < -0.39 is 0 Å². The molecule has 0 fully saturated rings. The molecule has 2 nitrogen and oxygen atoms in total. The third-order valence-electron chi connectivity index (χ3n) is 3.99. The van der Waals surface area contributed by atoms with Crippen molar-refractivity contribution in [1.29, 1.82) is 0 Å². The zero-order chi connectivity index (χ0) is 11.8. The van der Waals surface area contributed by atoms with Crippen molar-refractivity contribution < 1.29 is 0 Å². The molecular weight excluding hydrogens is 196 g/mol. The lowest BCUT2D eigenvalue weighted by atomic mass is 9.75. The van der Waals surface area contributed by atoms with E-state index in [2.05, 4.69) is 44.1 Å². The average molecular weight is 218 g/mol. The first-order valence-corrected chi connectivity index (χ1v) is 6.07. The largest absolute Gasteiger partial charge is 0.328 e. The van der Waals surface area contributed by atoms with Gasteiger partial charge in [0.2, 0.25) is 0 Å². The van der Waals surface area contributed by atoms with E-state index in [4.69, 9.17) is 5.73 Å². The van der Waals surface area contributed by atoms with Gasteiger partial charge in [0.1, 0.15) is 0 Å². The SMILES string of the molecule is Cc1ccc2c(c1)CCCC2(CN)N(C)C. The molecule has 1 aromatic rings. The molecule has 16 heavy (non-hydrogen) atoms. The van der Waals surface area contributed by atoms with Gasteiger partial charge in [-0.15, -0.1) is 0 Å². The van der Waals surface area contributed by atoms with Gasteiger partial charge in [-0.2, -0.15) is 0 Å². The predicted octanol–water partition coefficient (Wildman–Crippen LogP) is 2.05. The van der Waals surface area contributed by atoms with E-state index in [0.717, 1.165) is 0 Å². The molecule has 1 aliphatic carbocycles. The molecule has 88 valence electrons. The number of hydrogen-bond donors (Lipinski definition) is 1. The molecular formula is C14H22N2. The van der Waals surface area contributed by atoms with Crippen LogP contribution in [0.3, 0.4) is 0 Å². The van der Waals surface area contributed by atoms with Crippen molar-refractivity contribution in [2.75, 3.05) is 20.6 Å². The summed E-state index contributed by atoms with van der Waals surface area (Å²) in [5, 5.41) is 0. The molecule has 1 aliphatic rings. The van der Waals surface area contributed by atoms with Crippen LogP contribution in [0.4, 0.5) is 0 Å². The van der Waals surface area contributed by atoms with Crippen molar-refractivity contribution in [1.82, 2.24) is 4.90 Å². The lowest BCUT2D eigenvalue weighted by molar-refractivity contribution is 0.135. The van der Waals surface area contributed by atoms with Crippen LogP contribution < -0.4 is 5.73 Å². The summed E-state index contributed by atoms with van der Waals surface area (Å²) in [6.07, 6.45) is 3.62. The summed E-state index contributed by atoms with van der Waals surface area (Å²) < 4.78 is 0. The number of fused-ring (bicyclic) bond motifs is 1. The van der Waals surface area contributed by atoms with Crippen LogP contribution in [-0.2, 0) is 12.0 Å². The van der Waals surface area contributed by atoms with E-state index in [-0.39, 0.29) is 5.54 Å². The topological polar surface area (TPSA) is 29.3 Å². The molecule has 1 aromatic carbocycles. The number of rotatable bonds is 2. The Balaban J connectivity index is 2.54. The smallest absolute Gasteiger partial charge is 0.0581 e. The Bertz CT molecular complexity index is 384. The lowest BCUT2D eigenvalue weighted by Crippen LogP contribution is -2.49. The normalized spacial score (nSPS) is 24.6. The molecule has 2 rings (SSSR count). The van der Waals surface area contributed by atoms with Crippen molar-refractivity contribution in [2.45, 2.75) is 31.7 Å². The van der Waals surface area contributed by atoms with Gasteiger partial charge in [-0.1, -0.05) is 23.8 Å². The molecule has 2 heteroatoms. The minimum absolute atomic E-state index is 0.0568. The second-order valence-corrected chi connectivity index (χ2v) is 5.14. The number of nitrogens with zero attached hydrogens (tertiary/aromatic N) is 1. The molecule has 0 amide bonds. The molecule has 1 unspecified atom stereocenters. The van der Waals surface area contributed by atoms with E-state index in [1.54, 1.807) is 0 Å². The Hall–Kier alpha value is -0.860. The molecule has 0 bridgehead atoms. The van der Waals surface area contributed by atoms with Crippen molar-refractivity contribution in [3.8, 4) is 0 Å². The summed E-state index contributed by atoms with van der Waals surface area (Å²) >= 11 is 0. The van der Waals surface area contributed by atoms with Crippen LogP contribution in [0.25, 0.3) is 0 Å². The van der Waals surface area contributed by atoms with Crippen molar-refractivity contribution >= 4 is 0 Å². The molecule has 2 N–H and O–H groups in total. The van der Waals surface area contributed by atoms with Crippen LogP contribution in [0.2, 0.25) is 0 Å². The molecule has 0 aliphatic heterocycles. The van der Waals surface area contributed by atoms with Gasteiger partial charge in [-0.05, 0) is 51.4 Å². The van der Waals surface area contributed by atoms with Crippen LogP contribution in [0.15, 0.2) is 18.2 Å². The maximum Gasteiger partial charge on any atom is 0.0581 e. The zero-order valence-corrected chi connectivity index (χ0v) is 10.6. The number of likely N-dealkylation sites (N-methyl/N-ethyl adjacent to an activating group) is 1. The highest BCUT2D eigenvalue weighted by Crippen LogP contribution is 2.38. The highest BCUT2D eigenvalue weighted by atomic mass is 15.2. The summed E-state index contributed by atoms with van der Waals surface area (Å²) in [6.45, 7) is 2.87. The summed E-state index contributed by atoms with van der Waals surface area (Å²) in [5.74, 6) is 0. The lowest BCUT2D eigenvalue weighted by Gasteiger charge is -2.43. The standard InChI is InChI=1S/C14H22N2/c1-11-6-7-13-12(9-11)5-4-8-14(13,10-15)16(2)3/h6-7,9H,4-5,8,10,15H2,1-3H3. The fourth-order valence-corrected chi connectivity index (χ4v) is 2.95. The molecule has 0 spiro atoms. The quantitative estimate of drug-likeness (QED) is 0.823. The first-order chi connectivity index (χ1) is 7.60. The first-order valence-electron chi connectivity index (χ1n) is 6.07. The Kier molecular flexibility index (Phi) is 3.04. The van der Waals surface area contributed by atoms with Crippen LogP contribution in [0.5, 0.6) is 0 Å². The highest BCUT2D eigenvalue weighted by Gasteiger charge is 2.37. The zero-order valence-electron chi connectivity index (χ0n) is 10.6. The van der Waals surface area contributed by atoms with Gasteiger partial charge in [-0.25, -0.2) is 0 Å². The van der Waals surface area contributed by atoms with Crippen LogP contribution in [0.1, 0.15) is 29.5 Å². The fourth-order valence-electron chi connectivity index (χ4n) is 2.95. The highest BCUT2D eigenvalue weighted by molar-refractivity contribution is 5.39. The maximum atomic E-state index is 6.05. The molecule has 0 aromatic heterocycles. The fraction of sp³-hybridized carbons (Fsp3) is 0.571. The van der Waals surface area contributed by atoms with Crippen molar-refractivity contribution in [3.63, 3.8) is 0 Å². The summed E-state index contributed by atoms with van der Waals surface area (Å²) in [6, 6.07) is 6.80. The van der Waals surface area contributed by atoms with Gasteiger partial charge < -0.3 is 5.73 Å². The van der Waals surface area contributed by atoms with Crippen molar-refractivity contribution in [3.05, 3.63) is 34.9 Å². The molecule has 1 atom stereocenters. The van der Waals surface area contributed by atoms with Gasteiger partial charge in [0.15, 0.2) is 0 Å². The van der Waals surface area contributed by atoms with E-state index in [1.807, 2.05) is 0 Å². The Morgan fingerprint density at radius 3 is 2.75 bits per heavy atom. The second-order valence-electron chi connectivity index (χ2n) is 5.14. The van der Waals surface area contributed by atoms with E-state index >= 15 is 0 Å². The minimum atomic E-state index is 0.0568. The summed E-state index contributed by atoms with van der Waals surface area (Å²) in [7, 11) is 4.28. The van der Waals surface area contributed by atoms with Gasteiger partial charge in [-0.3, -0.25) is 4.90 Å². The molecule has 0 saturated carbocycles. The molecule has 0 radical (unpaired) electrons. The number of hydrogen-bond acceptors (Lipinski definition) is 2. The minimum Gasteiger partial charge on any atom is -0.328 e. The third kappa shape index (κ3) is 1.66. The van der Waals surface area contributed by atoms with E-state index in [0.29, 0.717) is 6.54 Å². The predicted molar refractivity (Wildman–Crippen MR) is 68.5 cm³/mol. The third-order valence-corrected chi connectivity index (χ3v) is 3.99. The van der Waals surface area contributed by atoms with Gasteiger partial charge in [0.05, 0.1) is 5.54 Å². The van der Waals surface area contributed by atoms with Crippen LogP contribution in [-0.4, -0.2) is 25.5 Å². The monoisotopic (exact) mass is 218 g/mol. The summed E-state index contributed by atoms with van der Waals surface area (Å²) in [5.41, 5.74) is 10.4. The number of benzene rings is 1. The second kappa shape index (κ2) is 4.19. The van der Waals surface area contributed by atoms with E-state index in [1.165, 1.54) is 36.0 Å².